The molecule has 0 bridgehead atoms. The maximum Gasteiger partial charge on any atom is 0.253 e. The number of likely N-dealkylation sites (tertiary alicyclic amines) is 1. The van der Waals surface area contributed by atoms with Crippen molar-refractivity contribution in [3.8, 4) is 0 Å². The Morgan fingerprint density at radius 1 is 1.24 bits per heavy atom. The SMILES string of the molecule is Cc1nccc(C2CCCN(C(=O)c3ccc4nc(C)[nH]c4c3)C2)n1. The minimum atomic E-state index is 0.0737. The third-order valence-electron chi connectivity index (χ3n) is 4.77. The van der Waals surface area contributed by atoms with Crippen molar-refractivity contribution in [1.82, 2.24) is 24.8 Å². The molecule has 1 amide bonds. The average Bonchev–Trinajstić information content (AvgIpc) is 3.00. The third kappa shape index (κ3) is 3.12. The van der Waals surface area contributed by atoms with Gasteiger partial charge in [-0.3, -0.25) is 4.79 Å². The Hall–Kier alpha value is -2.76. The predicted molar refractivity (Wildman–Crippen MR) is 95.5 cm³/mol. The molecule has 4 rings (SSSR count). The van der Waals surface area contributed by atoms with E-state index in [0.29, 0.717) is 12.1 Å². The number of hydrogen-bond donors (Lipinski definition) is 1. The Labute approximate surface area is 146 Å². The van der Waals surface area contributed by atoms with E-state index in [2.05, 4.69) is 19.9 Å². The number of nitrogens with zero attached hydrogens (tertiary/aromatic N) is 4. The number of H-pyrrole nitrogens is 1. The van der Waals surface area contributed by atoms with E-state index in [-0.39, 0.29) is 11.8 Å². The van der Waals surface area contributed by atoms with Gasteiger partial charge in [-0.15, -0.1) is 0 Å². The van der Waals surface area contributed by atoms with Crippen molar-refractivity contribution in [2.75, 3.05) is 13.1 Å². The van der Waals surface area contributed by atoms with Gasteiger partial charge in [-0.25, -0.2) is 15.0 Å². The van der Waals surface area contributed by atoms with Crippen LogP contribution in [0.1, 0.15) is 46.5 Å². The molecule has 0 spiro atoms. The van der Waals surface area contributed by atoms with E-state index < -0.39 is 0 Å². The summed E-state index contributed by atoms with van der Waals surface area (Å²) >= 11 is 0. The third-order valence-corrected chi connectivity index (χ3v) is 4.77. The second-order valence-electron chi connectivity index (χ2n) is 6.67. The first-order valence-electron chi connectivity index (χ1n) is 8.65. The van der Waals surface area contributed by atoms with Crippen molar-refractivity contribution in [1.29, 1.82) is 0 Å². The fraction of sp³-hybridized carbons (Fsp3) is 0.368. The van der Waals surface area contributed by atoms with Crippen molar-refractivity contribution in [2.24, 2.45) is 0 Å². The van der Waals surface area contributed by atoms with E-state index in [1.807, 2.05) is 43.0 Å². The number of nitrogens with one attached hydrogen (secondary N) is 1. The van der Waals surface area contributed by atoms with Crippen LogP contribution in [0.25, 0.3) is 11.0 Å². The summed E-state index contributed by atoms with van der Waals surface area (Å²) in [6.07, 6.45) is 3.84. The smallest absolute Gasteiger partial charge is 0.253 e. The van der Waals surface area contributed by atoms with Gasteiger partial charge in [-0.2, -0.15) is 0 Å². The lowest BCUT2D eigenvalue weighted by molar-refractivity contribution is 0.0706. The summed E-state index contributed by atoms with van der Waals surface area (Å²) in [6.45, 7) is 5.31. The van der Waals surface area contributed by atoms with Gasteiger partial charge >= 0.3 is 0 Å². The molecular formula is C19H21N5O. The van der Waals surface area contributed by atoms with Crippen LogP contribution in [0.5, 0.6) is 0 Å². The number of imidazole rings is 1. The monoisotopic (exact) mass is 335 g/mol. The molecule has 2 aromatic heterocycles. The number of carbonyl (C=O) groups is 1. The second-order valence-corrected chi connectivity index (χ2v) is 6.67. The first kappa shape index (κ1) is 15.7. The summed E-state index contributed by atoms with van der Waals surface area (Å²) in [7, 11) is 0. The highest BCUT2D eigenvalue weighted by Gasteiger charge is 2.26. The average molecular weight is 335 g/mol. The number of aromatic nitrogens is 4. The van der Waals surface area contributed by atoms with Crippen LogP contribution >= 0.6 is 0 Å². The molecule has 1 N–H and O–H groups in total. The maximum atomic E-state index is 13.0. The van der Waals surface area contributed by atoms with Gasteiger partial charge in [0, 0.05) is 36.5 Å². The van der Waals surface area contributed by atoms with Gasteiger partial charge in [0.25, 0.3) is 5.91 Å². The highest BCUT2D eigenvalue weighted by atomic mass is 16.2. The number of aryl methyl sites for hydroxylation is 2. The number of rotatable bonds is 2. The second kappa shape index (κ2) is 6.27. The minimum Gasteiger partial charge on any atom is -0.342 e. The number of hydrogen-bond acceptors (Lipinski definition) is 4. The molecule has 0 saturated carbocycles. The van der Waals surface area contributed by atoms with Crippen molar-refractivity contribution >= 4 is 16.9 Å². The van der Waals surface area contributed by atoms with Crippen molar-refractivity contribution in [3.63, 3.8) is 0 Å². The number of aromatic amines is 1. The molecule has 1 aliphatic heterocycles. The van der Waals surface area contributed by atoms with E-state index in [1.165, 1.54) is 0 Å². The molecule has 6 nitrogen and oxygen atoms in total. The quantitative estimate of drug-likeness (QED) is 0.781. The van der Waals surface area contributed by atoms with Crippen molar-refractivity contribution < 1.29 is 4.79 Å². The molecule has 128 valence electrons. The molecular weight excluding hydrogens is 314 g/mol. The topological polar surface area (TPSA) is 74.8 Å². The normalized spacial score (nSPS) is 17.8. The lowest BCUT2D eigenvalue weighted by Crippen LogP contribution is -2.39. The first-order chi connectivity index (χ1) is 12.1. The minimum absolute atomic E-state index is 0.0737. The lowest BCUT2D eigenvalue weighted by Gasteiger charge is -2.32. The first-order valence-corrected chi connectivity index (χ1v) is 8.65. The van der Waals surface area contributed by atoms with Crippen LogP contribution in [-0.4, -0.2) is 43.8 Å². The summed E-state index contributed by atoms with van der Waals surface area (Å²) in [6, 6.07) is 7.63. The number of benzene rings is 1. The largest absolute Gasteiger partial charge is 0.342 e. The van der Waals surface area contributed by atoms with E-state index in [9.17, 15) is 4.79 Å². The van der Waals surface area contributed by atoms with E-state index in [0.717, 1.165) is 47.8 Å². The van der Waals surface area contributed by atoms with Gasteiger partial charge in [0.05, 0.1) is 11.0 Å². The maximum absolute atomic E-state index is 13.0. The highest BCUT2D eigenvalue weighted by Crippen LogP contribution is 2.27. The Morgan fingerprint density at radius 2 is 2.12 bits per heavy atom. The zero-order chi connectivity index (χ0) is 17.4. The molecule has 6 heteroatoms. The lowest BCUT2D eigenvalue weighted by atomic mass is 9.94. The van der Waals surface area contributed by atoms with Crippen molar-refractivity contribution in [2.45, 2.75) is 32.6 Å². The molecule has 1 unspecified atom stereocenters. The zero-order valence-corrected chi connectivity index (χ0v) is 14.5. The molecule has 3 heterocycles. The Bertz CT molecular complexity index is 932. The van der Waals surface area contributed by atoms with Gasteiger partial charge in [0.2, 0.25) is 0 Å². The Morgan fingerprint density at radius 3 is 2.96 bits per heavy atom. The van der Waals surface area contributed by atoms with Crippen LogP contribution in [0, 0.1) is 13.8 Å². The van der Waals surface area contributed by atoms with E-state index in [1.54, 1.807) is 6.20 Å². The van der Waals surface area contributed by atoms with Crippen LogP contribution in [0.3, 0.4) is 0 Å². The van der Waals surface area contributed by atoms with Gasteiger partial charge in [0.15, 0.2) is 0 Å². The summed E-state index contributed by atoms with van der Waals surface area (Å²) in [5, 5.41) is 0. The van der Waals surface area contributed by atoms with Crippen LogP contribution in [0.2, 0.25) is 0 Å². The van der Waals surface area contributed by atoms with Crippen LogP contribution in [-0.2, 0) is 0 Å². The summed E-state index contributed by atoms with van der Waals surface area (Å²) in [4.78, 5) is 31.2. The van der Waals surface area contributed by atoms with Gasteiger partial charge in [0.1, 0.15) is 11.6 Å². The molecule has 3 aromatic rings. The van der Waals surface area contributed by atoms with Crippen LogP contribution in [0.15, 0.2) is 30.5 Å². The molecule has 25 heavy (non-hydrogen) atoms. The zero-order valence-electron chi connectivity index (χ0n) is 14.5. The van der Waals surface area contributed by atoms with Crippen LogP contribution < -0.4 is 0 Å². The van der Waals surface area contributed by atoms with E-state index in [4.69, 9.17) is 0 Å². The fourth-order valence-corrected chi connectivity index (χ4v) is 3.56. The summed E-state index contributed by atoms with van der Waals surface area (Å²) in [5.41, 5.74) is 3.53. The van der Waals surface area contributed by atoms with E-state index >= 15 is 0 Å². The summed E-state index contributed by atoms with van der Waals surface area (Å²) < 4.78 is 0. The standard InChI is InChI=1S/C19H21N5O/c1-12-20-8-7-16(21-12)15-4-3-9-24(11-15)19(25)14-5-6-17-18(10-14)23-13(2)22-17/h5-8,10,15H,3-4,9,11H2,1-2H3,(H,22,23). The molecule has 1 saturated heterocycles. The van der Waals surface area contributed by atoms with Gasteiger partial charge in [-0.05, 0) is 51.0 Å². The molecule has 1 aliphatic rings. The Kier molecular flexibility index (Phi) is 3.95. The number of piperidine rings is 1. The number of carbonyl (C=O) groups excluding carboxylic acids is 1. The van der Waals surface area contributed by atoms with Crippen molar-refractivity contribution in [3.05, 3.63) is 53.4 Å². The van der Waals surface area contributed by atoms with Gasteiger partial charge in [-0.1, -0.05) is 0 Å². The van der Waals surface area contributed by atoms with Gasteiger partial charge < -0.3 is 9.88 Å². The molecule has 1 atom stereocenters. The highest BCUT2D eigenvalue weighted by molar-refractivity contribution is 5.97. The molecule has 0 radical (unpaired) electrons. The molecule has 1 fully saturated rings. The Balaban J connectivity index is 1.56. The molecule has 0 aliphatic carbocycles. The van der Waals surface area contributed by atoms with Crippen LogP contribution in [0.4, 0.5) is 0 Å². The summed E-state index contributed by atoms with van der Waals surface area (Å²) in [5.74, 6) is 1.99. The number of amides is 1. The number of fused-ring (bicyclic) bond motifs is 1. The molecule has 1 aromatic carbocycles. The fourth-order valence-electron chi connectivity index (χ4n) is 3.56. The predicted octanol–water partition coefficient (Wildman–Crippen LogP) is 2.99.